The number of hydrogen-bond acceptors (Lipinski definition) is 4. The van der Waals surface area contributed by atoms with E-state index in [9.17, 15) is 9.18 Å². The number of hydrogen-bond donors (Lipinski definition) is 2. The Labute approximate surface area is 104 Å². The van der Waals surface area contributed by atoms with Gasteiger partial charge in [-0.3, -0.25) is 4.79 Å². The molecule has 0 fully saturated rings. The molecule has 0 saturated carbocycles. The highest BCUT2D eigenvalue weighted by Crippen LogP contribution is 2.28. The molecule has 1 heterocycles. The van der Waals surface area contributed by atoms with Crippen molar-refractivity contribution < 1.29 is 13.7 Å². The van der Waals surface area contributed by atoms with Gasteiger partial charge < -0.3 is 15.6 Å². The number of carbonyl (C=O) groups is 1. The van der Waals surface area contributed by atoms with Crippen molar-refractivity contribution in [3.05, 3.63) is 22.4 Å². The molecule has 2 rings (SSSR count). The Bertz CT molecular complexity index is 570. The summed E-state index contributed by atoms with van der Waals surface area (Å²) in [5.74, 6) is -0.364. The Kier molecular flexibility index (Phi) is 3.28. The largest absolute Gasteiger partial charge is 0.370 e. The summed E-state index contributed by atoms with van der Waals surface area (Å²) in [4.78, 5) is 10.6. The normalized spacial score (nSPS) is 10.7. The number of anilines is 1. The lowest BCUT2D eigenvalue weighted by Crippen LogP contribution is -2.15. The number of carbonyl (C=O) groups excluding carboxylic acids is 1. The molecule has 0 atom stereocenters. The van der Waals surface area contributed by atoms with Gasteiger partial charge in [-0.25, -0.2) is 4.39 Å². The molecule has 0 spiro atoms. The molecule has 1 amide bonds. The van der Waals surface area contributed by atoms with E-state index in [0.29, 0.717) is 27.8 Å². The van der Waals surface area contributed by atoms with Gasteiger partial charge in [0.1, 0.15) is 5.82 Å². The van der Waals surface area contributed by atoms with Crippen LogP contribution < -0.4 is 11.1 Å². The minimum atomic E-state index is -0.419. The third-order valence-electron chi connectivity index (χ3n) is 2.18. The molecule has 0 aliphatic heterocycles. The summed E-state index contributed by atoms with van der Waals surface area (Å²) in [6.45, 7) is 0.353. The van der Waals surface area contributed by atoms with Gasteiger partial charge in [-0.1, -0.05) is 5.16 Å². The van der Waals surface area contributed by atoms with E-state index in [-0.39, 0.29) is 6.42 Å². The Hall–Kier alpha value is -1.63. The first kappa shape index (κ1) is 11.8. The zero-order valence-electron chi connectivity index (χ0n) is 8.67. The second-order valence-electron chi connectivity index (χ2n) is 3.44. The van der Waals surface area contributed by atoms with E-state index < -0.39 is 11.7 Å². The molecular weight excluding hydrogens is 293 g/mol. The molecule has 0 unspecified atom stereocenters. The molecule has 17 heavy (non-hydrogen) atoms. The van der Waals surface area contributed by atoms with Crippen LogP contribution in [0.3, 0.4) is 0 Å². The van der Waals surface area contributed by atoms with Crippen molar-refractivity contribution in [3.8, 4) is 0 Å². The van der Waals surface area contributed by atoms with Gasteiger partial charge in [0.15, 0.2) is 11.4 Å². The highest BCUT2D eigenvalue weighted by atomic mass is 79.9. The van der Waals surface area contributed by atoms with Gasteiger partial charge in [0.2, 0.25) is 5.91 Å². The van der Waals surface area contributed by atoms with Gasteiger partial charge in [0.05, 0.1) is 9.86 Å². The average Bonchev–Trinajstić information content (AvgIpc) is 2.62. The highest BCUT2D eigenvalue weighted by molar-refractivity contribution is 9.10. The summed E-state index contributed by atoms with van der Waals surface area (Å²) in [5.41, 5.74) is 5.35. The van der Waals surface area contributed by atoms with Gasteiger partial charge in [0.25, 0.3) is 0 Å². The number of aromatic nitrogens is 1. The fourth-order valence-corrected chi connectivity index (χ4v) is 1.71. The number of benzene rings is 1. The van der Waals surface area contributed by atoms with Crippen molar-refractivity contribution in [2.45, 2.75) is 6.42 Å². The third-order valence-corrected chi connectivity index (χ3v) is 2.78. The van der Waals surface area contributed by atoms with Crippen LogP contribution in [0.15, 0.2) is 21.1 Å². The van der Waals surface area contributed by atoms with E-state index in [4.69, 9.17) is 10.3 Å². The van der Waals surface area contributed by atoms with E-state index >= 15 is 0 Å². The van der Waals surface area contributed by atoms with E-state index in [2.05, 4.69) is 26.4 Å². The van der Waals surface area contributed by atoms with Crippen LogP contribution in [0.2, 0.25) is 0 Å². The first-order chi connectivity index (χ1) is 8.08. The number of amides is 1. The van der Waals surface area contributed by atoms with Crippen LogP contribution in [-0.4, -0.2) is 17.6 Å². The van der Waals surface area contributed by atoms with Crippen LogP contribution in [0.25, 0.3) is 11.0 Å². The summed E-state index contributed by atoms with van der Waals surface area (Å²) in [5, 5.41) is 7.29. The van der Waals surface area contributed by atoms with Crippen LogP contribution in [0.1, 0.15) is 6.42 Å². The molecule has 2 aromatic rings. The maximum Gasteiger partial charge on any atom is 0.219 e. The minimum absolute atomic E-state index is 0.191. The molecule has 0 aliphatic rings. The van der Waals surface area contributed by atoms with Crippen LogP contribution in [0, 0.1) is 5.82 Å². The monoisotopic (exact) mass is 301 g/mol. The third kappa shape index (κ3) is 2.55. The summed E-state index contributed by atoms with van der Waals surface area (Å²) >= 11 is 3.08. The van der Waals surface area contributed by atoms with E-state index in [1.165, 1.54) is 6.07 Å². The van der Waals surface area contributed by atoms with E-state index in [1.54, 1.807) is 6.07 Å². The summed E-state index contributed by atoms with van der Waals surface area (Å²) in [6.07, 6.45) is 0.191. The van der Waals surface area contributed by atoms with Gasteiger partial charge in [-0.15, -0.1) is 0 Å². The number of primary amides is 1. The van der Waals surface area contributed by atoms with Crippen LogP contribution in [0.5, 0.6) is 0 Å². The summed E-state index contributed by atoms with van der Waals surface area (Å²) in [6, 6.07) is 2.81. The van der Waals surface area contributed by atoms with Gasteiger partial charge in [-0.05, 0) is 22.0 Å². The molecule has 3 N–H and O–H groups in total. The summed E-state index contributed by atoms with van der Waals surface area (Å²) < 4.78 is 18.5. The van der Waals surface area contributed by atoms with Crippen LogP contribution in [0.4, 0.5) is 10.2 Å². The maximum atomic E-state index is 13.2. The molecule has 5 nitrogen and oxygen atoms in total. The highest BCUT2D eigenvalue weighted by Gasteiger charge is 2.11. The Morgan fingerprint density at radius 2 is 2.35 bits per heavy atom. The smallest absolute Gasteiger partial charge is 0.219 e. The van der Waals surface area contributed by atoms with Gasteiger partial charge in [-0.2, -0.15) is 0 Å². The molecule has 0 radical (unpaired) electrons. The fraction of sp³-hybridized carbons (Fsp3) is 0.200. The van der Waals surface area contributed by atoms with Crippen molar-refractivity contribution in [2.75, 3.05) is 11.9 Å². The predicted octanol–water partition coefficient (Wildman–Crippen LogP) is 2.02. The van der Waals surface area contributed by atoms with Gasteiger partial charge in [0, 0.05) is 19.0 Å². The Morgan fingerprint density at radius 1 is 1.59 bits per heavy atom. The van der Waals surface area contributed by atoms with Crippen molar-refractivity contribution >= 4 is 38.6 Å². The van der Waals surface area contributed by atoms with Crippen LogP contribution in [-0.2, 0) is 4.79 Å². The number of halogens is 2. The topological polar surface area (TPSA) is 81.2 Å². The number of rotatable bonds is 4. The minimum Gasteiger partial charge on any atom is -0.370 e. The molecule has 0 bridgehead atoms. The lowest BCUT2D eigenvalue weighted by Gasteiger charge is -2.00. The predicted molar refractivity (Wildman–Crippen MR) is 64.0 cm³/mol. The van der Waals surface area contributed by atoms with E-state index in [0.717, 1.165) is 0 Å². The van der Waals surface area contributed by atoms with Gasteiger partial charge >= 0.3 is 0 Å². The first-order valence-corrected chi connectivity index (χ1v) is 5.64. The average molecular weight is 302 g/mol. The number of nitrogens with one attached hydrogen (secondary N) is 1. The zero-order chi connectivity index (χ0) is 12.4. The number of nitrogens with zero attached hydrogens (tertiary/aromatic N) is 1. The molecule has 1 aromatic heterocycles. The Balaban J connectivity index is 2.23. The maximum absolute atomic E-state index is 13.2. The zero-order valence-corrected chi connectivity index (χ0v) is 10.3. The number of nitrogens with two attached hydrogens (primary N) is 1. The second kappa shape index (κ2) is 4.70. The first-order valence-electron chi connectivity index (χ1n) is 4.84. The molecule has 0 saturated heterocycles. The lowest BCUT2D eigenvalue weighted by atomic mass is 10.2. The molecular formula is C10H9BrFN3O2. The van der Waals surface area contributed by atoms with Crippen molar-refractivity contribution in [2.24, 2.45) is 5.73 Å². The fourth-order valence-electron chi connectivity index (χ4n) is 1.36. The lowest BCUT2D eigenvalue weighted by molar-refractivity contribution is -0.117. The summed E-state index contributed by atoms with van der Waals surface area (Å²) in [7, 11) is 0. The Morgan fingerprint density at radius 3 is 3.06 bits per heavy atom. The quantitative estimate of drug-likeness (QED) is 0.905. The number of fused-ring (bicyclic) bond motifs is 1. The second-order valence-corrected chi connectivity index (χ2v) is 4.29. The molecule has 7 heteroatoms. The molecule has 90 valence electrons. The van der Waals surface area contributed by atoms with Crippen LogP contribution >= 0.6 is 15.9 Å². The SMILES string of the molecule is NC(=O)CCNc1noc2cc(F)c(Br)cc12. The molecule has 1 aromatic carbocycles. The standard InChI is InChI=1S/C10H9BrFN3O2/c11-6-3-5-8(4-7(6)12)17-15-10(5)14-2-1-9(13)16/h3-4H,1-2H2,(H2,13,16)(H,14,15). The van der Waals surface area contributed by atoms with Crippen molar-refractivity contribution in [1.82, 2.24) is 5.16 Å². The van der Waals surface area contributed by atoms with Crippen molar-refractivity contribution in [1.29, 1.82) is 0 Å². The van der Waals surface area contributed by atoms with E-state index in [1.807, 2.05) is 0 Å². The van der Waals surface area contributed by atoms with Crippen molar-refractivity contribution in [3.63, 3.8) is 0 Å². The molecule has 0 aliphatic carbocycles.